The monoisotopic (exact) mass is 359 g/mol. The average molecular weight is 359 g/mol. The standard InChI is InChI=1S/C22H21N3O2/c1-16(26)18-7-9-20(10-8-18)25-21-15-19(12-14-23-21)22(27)24-13-11-17-5-3-2-4-6-17/h2-10,12,14-15H,11,13H2,1H3,(H,23,25)(H,24,27). The Morgan fingerprint density at radius 2 is 1.67 bits per heavy atom. The second-order valence-corrected chi connectivity index (χ2v) is 6.18. The molecule has 3 rings (SSSR count). The van der Waals surface area contributed by atoms with E-state index in [1.54, 1.807) is 30.5 Å². The number of carbonyl (C=O) groups excluding carboxylic acids is 2. The van der Waals surface area contributed by atoms with Crippen LogP contribution in [0.3, 0.4) is 0 Å². The van der Waals surface area contributed by atoms with E-state index in [0.717, 1.165) is 12.1 Å². The third-order valence-corrected chi connectivity index (χ3v) is 4.13. The molecule has 1 aromatic heterocycles. The first-order valence-electron chi connectivity index (χ1n) is 8.78. The molecule has 5 nitrogen and oxygen atoms in total. The number of nitrogens with one attached hydrogen (secondary N) is 2. The van der Waals surface area contributed by atoms with Gasteiger partial charge in [-0.2, -0.15) is 0 Å². The molecule has 0 bridgehead atoms. The third-order valence-electron chi connectivity index (χ3n) is 4.13. The van der Waals surface area contributed by atoms with Gasteiger partial charge in [0.2, 0.25) is 0 Å². The molecular formula is C22H21N3O2. The van der Waals surface area contributed by atoms with Crippen molar-refractivity contribution in [1.29, 1.82) is 0 Å². The molecule has 0 aliphatic carbocycles. The zero-order valence-corrected chi connectivity index (χ0v) is 15.1. The highest BCUT2D eigenvalue weighted by Gasteiger charge is 2.07. The molecule has 0 unspecified atom stereocenters. The van der Waals surface area contributed by atoms with E-state index >= 15 is 0 Å². The van der Waals surface area contributed by atoms with Gasteiger partial charge in [-0.05, 0) is 55.3 Å². The molecule has 0 fully saturated rings. The van der Waals surface area contributed by atoms with Crippen molar-refractivity contribution in [2.24, 2.45) is 0 Å². The fourth-order valence-electron chi connectivity index (χ4n) is 2.64. The summed E-state index contributed by atoms with van der Waals surface area (Å²) in [7, 11) is 0. The van der Waals surface area contributed by atoms with E-state index in [-0.39, 0.29) is 11.7 Å². The Hall–Kier alpha value is -3.47. The minimum atomic E-state index is -0.136. The number of anilines is 2. The zero-order valence-electron chi connectivity index (χ0n) is 15.1. The second-order valence-electron chi connectivity index (χ2n) is 6.18. The minimum absolute atomic E-state index is 0.0221. The molecule has 1 amide bonds. The van der Waals surface area contributed by atoms with E-state index in [0.29, 0.717) is 23.5 Å². The summed E-state index contributed by atoms with van der Waals surface area (Å²) in [5.41, 5.74) is 3.18. The highest BCUT2D eigenvalue weighted by atomic mass is 16.1. The number of pyridine rings is 1. The van der Waals surface area contributed by atoms with E-state index < -0.39 is 0 Å². The second kappa shape index (κ2) is 8.76. The number of amides is 1. The fraction of sp³-hybridized carbons (Fsp3) is 0.136. The van der Waals surface area contributed by atoms with E-state index in [1.807, 2.05) is 42.5 Å². The number of hydrogen-bond donors (Lipinski definition) is 2. The first-order valence-corrected chi connectivity index (χ1v) is 8.78. The van der Waals surface area contributed by atoms with Gasteiger partial charge in [-0.3, -0.25) is 9.59 Å². The lowest BCUT2D eigenvalue weighted by atomic mass is 10.1. The quantitative estimate of drug-likeness (QED) is 0.626. The molecule has 2 aromatic carbocycles. The first kappa shape index (κ1) is 18.3. The van der Waals surface area contributed by atoms with Crippen LogP contribution >= 0.6 is 0 Å². The van der Waals surface area contributed by atoms with Crippen LogP contribution in [-0.2, 0) is 6.42 Å². The van der Waals surface area contributed by atoms with Crippen LogP contribution in [0.2, 0.25) is 0 Å². The predicted octanol–water partition coefficient (Wildman–Crippen LogP) is 4.00. The Morgan fingerprint density at radius 1 is 0.926 bits per heavy atom. The highest BCUT2D eigenvalue weighted by Crippen LogP contribution is 2.16. The summed E-state index contributed by atoms with van der Waals surface area (Å²) in [4.78, 5) is 27.9. The lowest BCUT2D eigenvalue weighted by molar-refractivity contribution is 0.0953. The van der Waals surface area contributed by atoms with Crippen LogP contribution in [0, 0.1) is 0 Å². The van der Waals surface area contributed by atoms with Crippen LogP contribution in [0.4, 0.5) is 11.5 Å². The predicted molar refractivity (Wildman–Crippen MR) is 106 cm³/mol. The molecule has 27 heavy (non-hydrogen) atoms. The molecule has 0 saturated heterocycles. The van der Waals surface area contributed by atoms with Crippen molar-refractivity contribution in [2.75, 3.05) is 11.9 Å². The van der Waals surface area contributed by atoms with Crippen molar-refractivity contribution in [3.8, 4) is 0 Å². The molecule has 0 saturated carbocycles. The van der Waals surface area contributed by atoms with Gasteiger partial charge in [0.25, 0.3) is 5.91 Å². The lowest BCUT2D eigenvalue weighted by Crippen LogP contribution is -2.25. The van der Waals surface area contributed by atoms with Crippen molar-refractivity contribution in [1.82, 2.24) is 10.3 Å². The Bertz CT molecular complexity index is 922. The van der Waals surface area contributed by atoms with Crippen molar-refractivity contribution >= 4 is 23.2 Å². The molecule has 0 aliphatic rings. The van der Waals surface area contributed by atoms with Gasteiger partial charge in [-0.15, -0.1) is 0 Å². The Kier molecular flexibility index (Phi) is 5.94. The van der Waals surface area contributed by atoms with E-state index in [2.05, 4.69) is 15.6 Å². The van der Waals surface area contributed by atoms with Crippen molar-refractivity contribution in [3.05, 3.63) is 89.6 Å². The maximum Gasteiger partial charge on any atom is 0.251 e. The van der Waals surface area contributed by atoms with Gasteiger partial charge in [0, 0.05) is 29.6 Å². The van der Waals surface area contributed by atoms with Crippen molar-refractivity contribution < 1.29 is 9.59 Å². The summed E-state index contributed by atoms with van der Waals surface area (Å²) in [6, 6.07) is 20.5. The number of benzene rings is 2. The van der Waals surface area contributed by atoms with Crippen LogP contribution < -0.4 is 10.6 Å². The number of hydrogen-bond acceptors (Lipinski definition) is 4. The maximum atomic E-state index is 12.4. The van der Waals surface area contributed by atoms with Crippen LogP contribution in [0.1, 0.15) is 33.2 Å². The van der Waals surface area contributed by atoms with Gasteiger partial charge >= 0.3 is 0 Å². The molecule has 0 atom stereocenters. The zero-order chi connectivity index (χ0) is 19.1. The largest absolute Gasteiger partial charge is 0.352 e. The van der Waals surface area contributed by atoms with Gasteiger partial charge in [-0.1, -0.05) is 30.3 Å². The normalized spacial score (nSPS) is 10.3. The first-order chi connectivity index (χ1) is 13.1. The molecule has 2 N–H and O–H groups in total. The number of carbonyl (C=O) groups is 2. The summed E-state index contributed by atoms with van der Waals surface area (Å²) in [6.07, 6.45) is 2.38. The molecule has 136 valence electrons. The van der Waals surface area contributed by atoms with Crippen molar-refractivity contribution in [3.63, 3.8) is 0 Å². The summed E-state index contributed by atoms with van der Waals surface area (Å²) in [6.45, 7) is 2.10. The van der Waals surface area contributed by atoms with Crippen LogP contribution in [0.5, 0.6) is 0 Å². The van der Waals surface area contributed by atoms with E-state index in [1.165, 1.54) is 12.5 Å². The number of ketones is 1. The molecule has 3 aromatic rings. The van der Waals surface area contributed by atoms with E-state index in [9.17, 15) is 9.59 Å². The minimum Gasteiger partial charge on any atom is -0.352 e. The van der Waals surface area contributed by atoms with Crippen LogP contribution in [0.15, 0.2) is 72.9 Å². The Balaban J connectivity index is 1.59. The van der Waals surface area contributed by atoms with Gasteiger partial charge in [0.1, 0.15) is 5.82 Å². The molecule has 1 heterocycles. The number of rotatable bonds is 7. The summed E-state index contributed by atoms with van der Waals surface area (Å²) < 4.78 is 0. The molecule has 5 heteroatoms. The molecule has 0 aliphatic heterocycles. The van der Waals surface area contributed by atoms with Crippen LogP contribution in [0.25, 0.3) is 0 Å². The highest BCUT2D eigenvalue weighted by molar-refractivity contribution is 5.95. The summed E-state index contributed by atoms with van der Waals surface area (Å²) >= 11 is 0. The smallest absolute Gasteiger partial charge is 0.251 e. The maximum absolute atomic E-state index is 12.4. The summed E-state index contributed by atoms with van der Waals surface area (Å²) in [5.74, 6) is 0.457. The Morgan fingerprint density at radius 3 is 2.37 bits per heavy atom. The number of nitrogens with zero attached hydrogens (tertiary/aromatic N) is 1. The van der Waals surface area contributed by atoms with Gasteiger partial charge in [0.15, 0.2) is 5.78 Å². The van der Waals surface area contributed by atoms with Gasteiger partial charge < -0.3 is 10.6 Å². The lowest BCUT2D eigenvalue weighted by Gasteiger charge is -2.09. The van der Waals surface area contributed by atoms with Crippen LogP contribution in [-0.4, -0.2) is 23.2 Å². The average Bonchev–Trinajstić information content (AvgIpc) is 2.69. The molecule has 0 spiro atoms. The van der Waals surface area contributed by atoms with E-state index in [4.69, 9.17) is 0 Å². The molecule has 0 radical (unpaired) electrons. The molecular weight excluding hydrogens is 338 g/mol. The van der Waals surface area contributed by atoms with Gasteiger partial charge in [-0.25, -0.2) is 4.98 Å². The number of aromatic nitrogens is 1. The van der Waals surface area contributed by atoms with Gasteiger partial charge in [0.05, 0.1) is 0 Å². The SMILES string of the molecule is CC(=O)c1ccc(Nc2cc(C(=O)NCCc3ccccc3)ccn2)cc1. The Labute approximate surface area is 158 Å². The third kappa shape index (κ3) is 5.25. The number of Topliss-reactive ketones (excluding diaryl/α,β-unsaturated/α-hetero) is 1. The summed E-state index contributed by atoms with van der Waals surface area (Å²) in [5, 5.41) is 6.07. The van der Waals surface area contributed by atoms with Crippen molar-refractivity contribution in [2.45, 2.75) is 13.3 Å². The fourth-order valence-corrected chi connectivity index (χ4v) is 2.64. The topological polar surface area (TPSA) is 71.1 Å².